The van der Waals surface area contributed by atoms with Crippen LogP contribution in [0, 0.1) is 0 Å². The lowest BCUT2D eigenvalue weighted by atomic mass is 10.2. The summed E-state index contributed by atoms with van der Waals surface area (Å²) in [5.41, 5.74) is 0.636. The van der Waals surface area contributed by atoms with Gasteiger partial charge in [0.25, 0.3) is 0 Å². The number of likely N-dealkylation sites (N-methyl/N-ethyl adjacent to an activating group) is 1. The summed E-state index contributed by atoms with van der Waals surface area (Å²) in [4.78, 5) is 2.41. The molecular weight excluding hydrogens is 319 g/mol. The van der Waals surface area contributed by atoms with Crippen LogP contribution in [-0.4, -0.2) is 50.3 Å². The van der Waals surface area contributed by atoms with Gasteiger partial charge in [0.1, 0.15) is 0 Å². The summed E-state index contributed by atoms with van der Waals surface area (Å²) in [6.07, 6.45) is 0. The highest BCUT2D eigenvalue weighted by Gasteiger charge is 2.31. The Hall–Kier alpha value is -0.330. The molecule has 1 fully saturated rings. The van der Waals surface area contributed by atoms with Crippen molar-refractivity contribution in [2.75, 3.05) is 26.7 Å². The highest BCUT2D eigenvalue weighted by Crippen LogP contribution is 2.25. The third-order valence-electron chi connectivity index (χ3n) is 3.72. The number of rotatable bonds is 3. The Kier molecular flexibility index (Phi) is 4.97. The second-order valence-corrected chi connectivity index (χ2v) is 7.69. The Labute approximate surface area is 130 Å². The molecule has 0 bridgehead atoms. The highest BCUT2D eigenvalue weighted by molar-refractivity contribution is 7.89. The molecule has 0 saturated carbocycles. The van der Waals surface area contributed by atoms with Crippen LogP contribution in [0.25, 0.3) is 0 Å². The predicted octanol–water partition coefficient (Wildman–Crippen LogP) is 2.40. The van der Waals surface area contributed by atoms with Gasteiger partial charge in [0.15, 0.2) is 0 Å². The molecule has 0 aromatic heterocycles. The molecule has 20 heavy (non-hydrogen) atoms. The maximum Gasteiger partial charge on any atom is 0.243 e. The monoisotopic (exact) mass is 336 g/mol. The summed E-state index contributed by atoms with van der Waals surface area (Å²) in [5, 5.41) is 0.491. The molecule has 0 spiro atoms. The van der Waals surface area contributed by atoms with E-state index in [1.807, 2.05) is 14.0 Å². The van der Waals surface area contributed by atoms with Crippen molar-refractivity contribution in [2.24, 2.45) is 0 Å². The molecule has 4 nitrogen and oxygen atoms in total. The minimum Gasteiger partial charge on any atom is -0.301 e. The topological polar surface area (TPSA) is 40.6 Å². The van der Waals surface area contributed by atoms with E-state index >= 15 is 0 Å². The van der Waals surface area contributed by atoms with Crippen molar-refractivity contribution in [3.63, 3.8) is 0 Å². The molecule has 0 amide bonds. The summed E-state index contributed by atoms with van der Waals surface area (Å²) >= 11 is 11.8. The molecule has 1 atom stereocenters. The van der Waals surface area contributed by atoms with Crippen LogP contribution in [0.1, 0.15) is 12.5 Å². The number of nitrogens with zero attached hydrogens (tertiary/aromatic N) is 2. The molecule has 7 heteroatoms. The zero-order valence-corrected chi connectivity index (χ0v) is 13.8. The van der Waals surface area contributed by atoms with E-state index in [0.29, 0.717) is 23.7 Å². The number of benzene rings is 1. The Bertz CT molecular complexity index is 592. The van der Waals surface area contributed by atoms with E-state index in [-0.39, 0.29) is 16.8 Å². The zero-order chi connectivity index (χ0) is 14.9. The molecule has 0 N–H and O–H groups in total. The van der Waals surface area contributed by atoms with Crippen molar-refractivity contribution >= 4 is 33.2 Å². The van der Waals surface area contributed by atoms with Gasteiger partial charge in [-0.15, -0.1) is 11.6 Å². The molecule has 1 aromatic rings. The van der Waals surface area contributed by atoms with E-state index in [0.717, 1.165) is 6.54 Å². The van der Waals surface area contributed by atoms with Gasteiger partial charge >= 0.3 is 0 Å². The fraction of sp³-hybridized carbons (Fsp3) is 0.538. The summed E-state index contributed by atoms with van der Waals surface area (Å²) in [5.74, 6) is 0.196. The molecular formula is C13H18Cl2N2O2S. The first kappa shape index (κ1) is 16.0. The van der Waals surface area contributed by atoms with E-state index in [4.69, 9.17) is 23.2 Å². The molecule has 0 radical (unpaired) electrons. The number of hydrogen-bond donors (Lipinski definition) is 0. The summed E-state index contributed by atoms with van der Waals surface area (Å²) in [6.45, 7) is 3.75. The predicted molar refractivity (Wildman–Crippen MR) is 81.9 cm³/mol. The summed E-state index contributed by atoms with van der Waals surface area (Å²) in [6, 6.07) is 4.90. The van der Waals surface area contributed by atoms with Crippen molar-refractivity contribution in [1.29, 1.82) is 0 Å². The van der Waals surface area contributed by atoms with Gasteiger partial charge in [-0.05, 0) is 37.7 Å². The molecule has 1 aliphatic rings. The van der Waals surface area contributed by atoms with Crippen LogP contribution in [0.15, 0.2) is 23.1 Å². The first-order chi connectivity index (χ1) is 9.36. The molecule has 1 aliphatic heterocycles. The van der Waals surface area contributed by atoms with Crippen LogP contribution in [-0.2, 0) is 15.9 Å². The van der Waals surface area contributed by atoms with E-state index in [2.05, 4.69) is 4.90 Å². The van der Waals surface area contributed by atoms with E-state index in [1.165, 1.54) is 10.4 Å². The van der Waals surface area contributed by atoms with E-state index in [9.17, 15) is 8.42 Å². The van der Waals surface area contributed by atoms with Crippen LogP contribution in [0.5, 0.6) is 0 Å². The fourth-order valence-corrected chi connectivity index (χ4v) is 4.23. The number of hydrogen-bond acceptors (Lipinski definition) is 3. The first-order valence-corrected chi connectivity index (χ1v) is 8.76. The van der Waals surface area contributed by atoms with Gasteiger partial charge in [-0.3, -0.25) is 0 Å². The fourth-order valence-electron chi connectivity index (χ4n) is 2.20. The molecule has 1 heterocycles. The van der Waals surface area contributed by atoms with Gasteiger partial charge in [-0.1, -0.05) is 11.6 Å². The second-order valence-electron chi connectivity index (χ2n) is 5.08. The van der Waals surface area contributed by atoms with Gasteiger partial charge in [-0.25, -0.2) is 8.42 Å². The molecule has 1 aromatic carbocycles. The lowest BCUT2D eigenvalue weighted by molar-refractivity contribution is 0.159. The van der Waals surface area contributed by atoms with Gasteiger partial charge in [0, 0.05) is 36.6 Å². The maximum atomic E-state index is 12.6. The van der Waals surface area contributed by atoms with Crippen molar-refractivity contribution < 1.29 is 8.42 Å². The molecule has 1 saturated heterocycles. The normalized spacial score (nSPS) is 22.1. The largest absolute Gasteiger partial charge is 0.301 e. The smallest absolute Gasteiger partial charge is 0.243 e. The van der Waals surface area contributed by atoms with Gasteiger partial charge < -0.3 is 4.90 Å². The van der Waals surface area contributed by atoms with Crippen molar-refractivity contribution in [2.45, 2.75) is 23.7 Å². The average molecular weight is 337 g/mol. The molecule has 0 aliphatic carbocycles. The second kappa shape index (κ2) is 6.20. The van der Waals surface area contributed by atoms with Gasteiger partial charge in [0.2, 0.25) is 10.0 Å². The van der Waals surface area contributed by atoms with Crippen molar-refractivity contribution in [1.82, 2.24) is 9.21 Å². The third kappa shape index (κ3) is 3.12. The maximum absolute atomic E-state index is 12.6. The van der Waals surface area contributed by atoms with Crippen molar-refractivity contribution in [3.8, 4) is 0 Å². The minimum atomic E-state index is -3.48. The van der Waals surface area contributed by atoms with Crippen LogP contribution >= 0.6 is 23.2 Å². The molecule has 2 rings (SSSR count). The Morgan fingerprint density at radius 3 is 2.65 bits per heavy atom. The summed E-state index contributed by atoms with van der Waals surface area (Å²) in [7, 11) is -1.48. The standard InChI is InChI=1S/C13H18Cl2N2O2S/c1-10-9-17(6-5-16(10)2)20(18,19)12-3-4-13(15)11(7-12)8-14/h3-4,7,10H,5-6,8-9H2,1-2H3. The van der Waals surface area contributed by atoms with Crippen LogP contribution in [0.4, 0.5) is 0 Å². The number of piperazine rings is 1. The lowest BCUT2D eigenvalue weighted by Gasteiger charge is -2.36. The quantitative estimate of drug-likeness (QED) is 0.796. The lowest BCUT2D eigenvalue weighted by Crippen LogP contribution is -2.51. The van der Waals surface area contributed by atoms with E-state index < -0.39 is 10.0 Å². The minimum absolute atomic E-state index is 0.196. The molecule has 112 valence electrons. The van der Waals surface area contributed by atoms with Crippen LogP contribution < -0.4 is 0 Å². The summed E-state index contributed by atoms with van der Waals surface area (Å²) < 4.78 is 26.8. The first-order valence-electron chi connectivity index (χ1n) is 6.41. The van der Waals surface area contributed by atoms with Crippen LogP contribution in [0.3, 0.4) is 0 Å². The number of sulfonamides is 1. The van der Waals surface area contributed by atoms with Crippen molar-refractivity contribution in [3.05, 3.63) is 28.8 Å². The average Bonchev–Trinajstić information content (AvgIpc) is 2.42. The SMILES string of the molecule is CC1CN(S(=O)(=O)c2ccc(Cl)c(CCl)c2)CCN1C. The van der Waals surface area contributed by atoms with Crippen LogP contribution in [0.2, 0.25) is 5.02 Å². The zero-order valence-electron chi connectivity index (χ0n) is 11.5. The van der Waals surface area contributed by atoms with Gasteiger partial charge in [-0.2, -0.15) is 4.31 Å². The third-order valence-corrected chi connectivity index (χ3v) is 6.24. The van der Waals surface area contributed by atoms with Gasteiger partial charge in [0.05, 0.1) is 4.90 Å². The van der Waals surface area contributed by atoms with E-state index in [1.54, 1.807) is 12.1 Å². The Morgan fingerprint density at radius 2 is 2.05 bits per heavy atom. The highest BCUT2D eigenvalue weighted by atomic mass is 35.5. The molecule has 1 unspecified atom stereocenters. The number of halogens is 2. The Morgan fingerprint density at radius 1 is 1.35 bits per heavy atom. The Balaban J connectivity index is 2.31. The number of alkyl halides is 1.